The summed E-state index contributed by atoms with van der Waals surface area (Å²) in [7, 11) is 0. The van der Waals surface area contributed by atoms with Crippen molar-refractivity contribution in [3.63, 3.8) is 0 Å². The molecule has 0 aliphatic rings. The summed E-state index contributed by atoms with van der Waals surface area (Å²) in [6, 6.07) is 0. The highest BCUT2D eigenvalue weighted by Gasteiger charge is 2.03. The van der Waals surface area contributed by atoms with Gasteiger partial charge in [0.05, 0.1) is 13.2 Å². The van der Waals surface area contributed by atoms with Crippen molar-refractivity contribution < 1.29 is 14.6 Å². The van der Waals surface area contributed by atoms with Gasteiger partial charge in [-0.15, -0.1) is 6.58 Å². The predicted octanol–water partition coefficient (Wildman–Crippen LogP) is 1.27. The topological polar surface area (TPSA) is 38.7 Å². The first-order valence-electron chi connectivity index (χ1n) is 4.01. The van der Waals surface area contributed by atoms with Gasteiger partial charge >= 0.3 is 0 Å². The Hall–Kier alpha value is -1.06. The van der Waals surface area contributed by atoms with Crippen LogP contribution in [0.3, 0.4) is 0 Å². The summed E-state index contributed by atoms with van der Waals surface area (Å²) in [4.78, 5) is 0. The van der Waals surface area contributed by atoms with Crippen LogP contribution in [0.15, 0.2) is 37.6 Å². The first-order valence-corrected chi connectivity index (χ1v) is 4.01. The lowest BCUT2D eigenvalue weighted by atomic mass is 10.4. The molecule has 0 bridgehead atoms. The van der Waals surface area contributed by atoms with Gasteiger partial charge in [0, 0.05) is 0 Å². The summed E-state index contributed by atoms with van der Waals surface area (Å²) in [5.41, 5.74) is 0. The van der Waals surface area contributed by atoms with E-state index in [1.54, 1.807) is 6.08 Å². The van der Waals surface area contributed by atoms with Crippen molar-refractivity contribution in [3.8, 4) is 0 Å². The molecule has 0 aromatic carbocycles. The van der Waals surface area contributed by atoms with Crippen molar-refractivity contribution in [1.29, 1.82) is 0 Å². The third-order valence-electron chi connectivity index (χ3n) is 1.23. The summed E-state index contributed by atoms with van der Waals surface area (Å²) in [5.74, 6) is 0.447. The van der Waals surface area contributed by atoms with Crippen LogP contribution < -0.4 is 0 Å². The fourth-order valence-corrected chi connectivity index (χ4v) is 0.598. The van der Waals surface area contributed by atoms with Crippen molar-refractivity contribution in [2.75, 3.05) is 19.8 Å². The SMILES string of the molecule is C=CCOCC(O)COC(=C)C=C. The van der Waals surface area contributed by atoms with Crippen LogP contribution in [0.25, 0.3) is 0 Å². The van der Waals surface area contributed by atoms with Crippen LogP contribution in [0.4, 0.5) is 0 Å². The number of aliphatic hydroxyl groups is 1. The zero-order valence-corrected chi connectivity index (χ0v) is 7.74. The van der Waals surface area contributed by atoms with E-state index in [1.165, 1.54) is 6.08 Å². The van der Waals surface area contributed by atoms with Crippen LogP contribution in [-0.2, 0) is 9.47 Å². The molecule has 0 heterocycles. The molecular weight excluding hydrogens is 168 g/mol. The van der Waals surface area contributed by atoms with Gasteiger partial charge in [0.15, 0.2) is 0 Å². The van der Waals surface area contributed by atoms with Crippen LogP contribution in [0.5, 0.6) is 0 Å². The van der Waals surface area contributed by atoms with E-state index in [0.29, 0.717) is 12.4 Å². The van der Waals surface area contributed by atoms with E-state index >= 15 is 0 Å². The van der Waals surface area contributed by atoms with Crippen molar-refractivity contribution in [2.24, 2.45) is 0 Å². The summed E-state index contributed by atoms with van der Waals surface area (Å²) >= 11 is 0. The molecule has 0 aromatic heterocycles. The lowest BCUT2D eigenvalue weighted by Crippen LogP contribution is -2.21. The molecule has 0 saturated carbocycles. The Kier molecular flexibility index (Phi) is 6.96. The quantitative estimate of drug-likeness (QED) is 0.267. The molecule has 0 spiro atoms. The monoisotopic (exact) mass is 184 g/mol. The summed E-state index contributed by atoms with van der Waals surface area (Å²) in [5, 5.41) is 9.26. The van der Waals surface area contributed by atoms with Gasteiger partial charge in [0.1, 0.15) is 18.5 Å². The zero-order chi connectivity index (χ0) is 10.1. The van der Waals surface area contributed by atoms with E-state index in [9.17, 15) is 5.11 Å². The molecule has 1 atom stereocenters. The number of aliphatic hydroxyl groups excluding tert-OH is 1. The minimum Gasteiger partial charge on any atom is -0.491 e. The third kappa shape index (κ3) is 7.31. The van der Waals surface area contributed by atoms with Crippen molar-refractivity contribution >= 4 is 0 Å². The fourth-order valence-electron chi connectivity index (χ4n) is 0.598. The summed E-state index contributed by atoms with van der Waals surface area (Å²) < 4.78 is 10.0. The average molecular weight is 184 g/mol. The molecule has 13 heavy (non-hydrogen) atoms. The van der Waals surface area contributed by atoms with Crippen LogP contribution >= 0.6 is 0 Å². The molecule has 0 aliphatic heterocycles. The van der Waals surface area contributed by atoms with Crippen molar-refractivity contribution in [3.05, 3.63) is 37.6 Å². The Labute approximate surface area is 79.0 Å². The second-order valence-corrected chi connectivity index (χ2v) is 2.46. The lowest BCUT2D eigenvalue weighted by molar-refractivity contribution is 0.00692. The van der Waals surface area contributed by atoms with Gasteiger partial charge in [-0.2, -0.15) is 0 Å². The van der Waals surface area contributed by atoms with E-state index in [4.69, 9.17) is 9.47 Å². The summed E-state index contributed by atoms with van der Waals surface area (Å²) in [6.45, 7) is 11.3. The Morgan fingerprint density at radius 2 is 2.08 bits per heavy atom. The fraction of sp³-hybridized carbons (Fsp3) is 0.400. The standard InChI is InChI=1S/C10H16O3/c1-4-6-12-7-10(11)8-13-9(3)5-2/h4-5,10-11H,1-3,6-8H2. The van der Waals surface area contributed by atoms with E-state index in [1.807, 2.05) is 0 Å². The van der Waals surface area contributed by atoms with E-state index < -0.39 is 6.10 Å². The predicted molar refractivity (Wildman–Crippen MR) is 52.3 cm³/mol. The van der Waals surface area contributed by atoms with Crippen molar-refractivity contribution in [2.45, 2.75) is 6.10 Å². The second kappa shape index (κ2) is 7.58. The maximum absolute atomic E-state index is 9.26. The number of hydrogen-bond acceptors (Lipinski definition) is 3. The molecule has 0 fully saturated rings. The first kappa shape index (κ1) is 11.9. The van der Waals surface area contributed by atoms with Crippen LogP contribution in [0.2, 0.25) is 0 Å². The molecule has 0 aromatic rings. The Morgan fingerprint density at radius 1 is 1.38 bits per heavy atom. The minimum absolute atomic E-state index is 0.169. The van der Waals surface area contributed by atoms with Crippen LogP contribution in [-0.4, -0.2) is 31.0 Å². The number of rotatable bonds is 8. The first-order chi connectivity index (χ1) is 6.20. The molecule has 1 N–H and O–H groups in total. The third-order valence-corrected chi connectivity index (χ3v) is 1.23. The molecule has 0 aliphatic carbocycles. The average Bonchev–Trinajstić information content (AvgIpc) is 2.14. The molecule has 74 valence electrons. The Morgan fingerprint density at radius 3 is 2.62 bits per heavy atom. The van der Waals surface area contributed by atoms with Gasteiger partial charge < -0.3 is 14.6 Å². The van der Waals surface area contributed by atoms with Crippen LogP contribution in [0, 0.1) is 0 Å². The molecule has 3 heteroatoms. The largest absolute Gasteiger partial charge is 0.491 e. The normalized spacial score (nSPS) is 11.8. The second-order valence-electron chi connectivity index (χ2n) is 2.46. The summed E-state index contributed by atoms with van der Waals surface area (Å²) in [6.07, 6.45) is 2.46. The molecule has 0 rings (SSSR count). The number of allylic oxidation sites excluding steroid dienone is 1. The van der Waals surface area contributed by atoms with Gasteiger partial charge in [0.25, 0.3) is 0 Å². The molecule has 0 amide bonds. The van der Waals surface area contributed by atoms with Gasteiger partial charge in [-0.3, -0.25) is 0 Å². The van der Waals surface area contributed by atoms with Crippen molar-refractivity contribution in [1.82, 2.24) is 0 Å². The molecule has 3 nitrogen and oxygen atoms in total. The maximum Gasteiger partial charge on any atom is 0.116 e. The lowest BCUT2D eigenvalue weighted by Gasteiger charge is -2.11. The molecule has 1 unspecified atom stereocenters. The zero-order valence-electron chi connectivity index (χ0n) is 7.74. The Bertz CT molecular complexity index is 175. The highest BCUT2D eigenvalue weighted by Crippen LogP contribution is 1.96. The minimum atomic E-state index is -0.642. The number of ether oxygens (including phenoxy) is 2. The molecule has 0 radical (unpaired) electrons. The van der Waals surface area contributed by atoms with E-state index in [0.717, 1.165) is 0 Å². The van der Waals surface area contributed by atoms with Crippen LogP contribution in [0.1, 0.15) is 0 Å². The molecular formula is C10H16O3. The van der Waals surface area contributed by atoms with Gasteiger partial charge in [-0.25, -0.2) is 0 Å². The molecule has 0 saturated heterocycles. The Balaban J connectivity index is 3.39. The van der Waals surface area contributed by atoms with Gasteiger partial charge in [-0.1, -0.05) is 19.2 Å². The van der Waals surface area contributed by atoms with E-state index in [2.05, 4.69) is 19.7 Å². The smallest absolute Gasteiger partial charge is 0.116 e. The van der Waals surface area contributed by atoms with Gasteiger partial charge in [0.2, 0.25) is 0 Å². The van der Waals surface area contributed by atoms with Gasteiger partial charge in [-0.05, 0) is 6.08 Å². The highest BCUT2D eigenvalue weighted by atomic mass is 16.5. The van der Waals surface area contributed by atoms with E-state index in [-0.39, 0.29) is 13.2 Å². The maximum atomic E-state index is 9.26. The highest BCUT2D eigenvalue weighted by molar-refractivity contribution is 5.01. The number of hydrogen-bond donors (Lipinski definition) is 1.